The molecule has 0 saturated carbocycles. The van der Waals surface area contributed by atoms with Gasteiger partial charge in [0.2, 0.25) is 0 Å². The number of hydrogen-bond donors (Lipinski definition) is 9. The summed E-state index contributed by atoms with van der Waals surface area (Å²) in [5, 5.41) is 61.8. The Kier molecular flexibility index (Phi) is 15.1. The Hall–Kier alpha value is -3.83. The van der Waals surface area contributed by atoms with Crippen LogP contribution in [0, 0.1) is 0 Å². The van der Waals surface area contributed by atoms with Gasteiger partial charge >= 0.3 is 5.97 Å². The minimum absolute atomic E-state index is 0.0418. The number of aliphatic carboxylic acids is 1. The summed E-state index contributed by atoms with van der Waals surface area (Å²) in [7, 11) is 0. The van der Waals surface area contributed by atoms with Gasteiger partial charge in [0.05, 0.1) is 0 Å². The number of phenolic OH excluding ortho intramolecular Hbond substituents is 4. The summed E-state index contributed by atoms with van der Waals surface area (Å²) in [4.78, 5) is 10.5. The molecule has 3 rings (SSSR count). The number of aliphatic hydroxyl groups excluding tert-OH is 1. The van der Waals surface area contributed by atoms with E-state index in [0.29, 0.717) is 0 Å². The van der Waals surface area contributed by atoms with Crippen LogP contribution in [0.25, 0.3) is 0 Å². The SMILES string of the molecule is N[C@H](C(=O)O)[C@@H](O)c1ccc(O)c(O)c1.Oc1ccc(CCNCCCCCCNCCc2ccccc2)cc1O. The van der Waals surface area contributed by atoms with Crippen molar-refractivity contribution in [2.45, 2.75) is 50.7 Å². The molecule has 0 saturated heterocycles. The molecule has 224 valence electrons. The largest absolute Gasteiger partial charge is 0.504 e. The first kappa shape index (κ1) is 33.4. The molecule has 10 N–H and O–H groups in total. The van der Waals surface area contributed by atoms with Gasteiger partial charge in [-0.15, -0.1) is 0 Å². The maximum atomic E-state index is 10.5. The average molecular weight is 570 g/mol. The lowest BCUT2D eigenvalue weighted by atomic mass is 10.0. The molecule has 0 heterocycles. The van der Waals surface area contributed by atoms with Gasteiger partial charge in [0.15, 0.2) is 23.0 Å². The van der Waals surface area contributed by atoms with Crippen molar-refractivity contribution in [1.29, 1.82) is 0 Å². The first-order chi connectivity index (χ1) is 19.7. The summed E-state index contributed by atoms with van der Waals surface area (Å²) in [5.74, 6) is -2.25. The van der Waals surface area contributed by atoms with E-state index in [1.54, 1.807) is 12.1 Å². The van der Waals surface area contributed by atoms with Crippen LogP contribution in [-0.2, 0) is 17.6 Å². The van der Waals surface area contributed by atoms with Gasteiger partial charge in [0.1, 0.15) is 12.1 Å². The monoisotopic (exact) mass is 569 g/mol. The van der Waals surface area contributed by atoms with E-state index in [-0.39, 0.29) is 22.8 Å². The van der Waals surface area contributed by atoms with Crippen molar-refractivity contribution in [3.8, 4) is 23.0 Å². The molecule has 0 amide bonds. The summed E-state index contributed by atoms with van der Waals surface area (Å²) < 4.78 is 0. The molecule has 0 aromatic heterocycles. The van der Waals surface area contributed by atoms with E-state index >= 15 is 0 Å². The minimum atomic E-state index is -1.48. The smallest absolute Gasteiger partial charge is 0.323 e. The van der Waals surface area contributed by atoms with E-state index in [0.717, 1.165) is 56.7 Å². The summed E-state index contributed by atoms with van der Waals surface area (Å²) in [6.07, 6.45) is 5.49. The minimum Gasteiger partial charge on any atom is -0.504 e. The molecule has 10 heteroatoms. The number of carboxylic acids is 1. The average Bonchev–Trinajstić information content (AvgIpc) is 2.97. The van der Waals surface area contributed by atoms with Gasteiger partial charge in [0.25, 0.3) is 0 Å². The van der Waals surface area contributed by atoms with Gasteiger partial charge in [-0.2, -0.15) is 0 Å². The normalized spacial score (nSPS) is 12.2. The van der Waals surface area contributed by atoms with Crippen molar-refractivity contribution in [3.63, 3.8) is 0 Å². The van der Waals surface area contributed by atoms with E-state index in [1.807, 2.05) is 6.07 Å². The van der Waals surface area contributed by atoms with Crippen molar-refractivity contribution in [2.75, 3.05) is 26.2 Å². The van der Waals surface area contributed by atoms with E-state index in [4.69, 9.17) is 21.1 Å². The van der Waals surface area contributed by atoms with Crippen LogP contribution >= 0.6 is 0 Å². The number of nitrogens with two attached hydrogens (primary N) is 1. The zero-order valence-electron chi connectivity index (χ0n) is 23.2. The van der Waals surface area contributed by atoms with E-state index < -0.39 is 23.9 Å². The topological polar surface area (TPSA) is 189 Å². The molecule has 0 radical (unpaired) electrons. The van der Waals surface area contributed by atoms with Crippen LogP contribution in [0.5, 0.6) is 23.0 Å². The second-order valence-corrected chi connectivity index (χ2v) is 9.78. The van der Waals surface area contributed by atoms with Gasteiger partial charge in [-0.1, -0.05) is 55.3 Å². The Morgan fingerprint density at radius 1 is 0.659 bits per heavy atom. The lowest BCUT2D eigenvalue weighted by Crippen LogP contribution is -2.36. The van der Waals surface area contributed by atoms with Gasteiger partial charge in [-0.05, 0) is 92.8 Å². The van der Waals surface area contributed by atoms with Crippen LogP contribution in [0.2, 0.25) is 0 Å². The van der Waals surface area contributed by atoms with Crippen molar-refractivity contribution >= 4 is 5.97 Å². The molecule has 10 nitrogen and oxygen atoms in total. The first-order valence-corrected chi connectivity index (χ1v) is 13.8. The Balaban J connectivity index is 0.000000333. The first-order valence-electron chi connectivity index (χ1n) is 13.8. The van der Waals surface area contributed by atoms with Crippen molar-refractivity contribution in [2.24, 2.45) is 5.73 Å². The molecule has 3 aromatic carbocycles. The Bertz CT molecular complexity index is 1180. The highest BCUT2D eigenvalue weighted by Crippen LogP contribution is 2.28. The Morgan fingerprint density at radius 3 is 1.73 bits per heavy atom. The van der Waals surface area contributed by atoms with Crippen LogP contribution < -0.4 is 16.4 Å². The summed E-state index contributed by atoms with van der Waals surface area (Å²) in [6.45, 7) is 4.08. The third kappa shape index (κ3) is 12.9. The summed E-state index contributed by atoms with van der Waals surface area (Å²) >= 11 is 0. The summed E-state index contributed by atoms with van der Waals surface area (Å²) in [5.41, 5.74) is 7.74. The molecular weight excluding hydrogens is 526 g/mol. The van der Waals surface area contributed by atoms with Crippen molar-refractivity contribution in [1.82, 2.24) is 10.6 Å². The number of benzene rings is 3. The van der Waals surface area contributed by atoms with E-state index in [1.165, 1.54) is 37.3 Å². The number of unbranched alkanes of at least 4 members (excludes halogenated alkanes) is 3. The number of phenols is 4. The van der Waals surface area contributed by atoms with E-state index in [2.05, 4.69) is 41.0 Å². The molecule has 0 aliphatic rings. The van der Waals surface area contributed by atoms with Crippen LogP contribution in [0.1, 0.15) is 48.5 Å². The van der Waals surface area contributed by atoms with Crippen LogP contribution in [0.15, 0.2) is 66.7 Å². The zero-order valence-corrected chi connectivity index (χ0v) is 23.2. The third-order valence-corrected chi connectivity index (χ3v) is 6.49. The highest BCUT2D eigenvalue weighted by atomic mass is 16.4. The standard InChI is InChI=1S/C22H32N2O2.C9H11NO5/c25-21-11-10-20(18-22(21)26)13-17-24-15-7-2-1-6-14-23-16-12-19-8-4-3-5-9-19;10-7(9(14)15)8(13)4-1-2-5(11)6(12)3-4/h3-5,8-11,18,23-26H,1-2,6-7,12-17H2;1-3,7-8,11-13H,10H2,(H,14,15)/t;7-,8-/m.0/s1. The van der Waals surface area contributed by atoms with Gasteiger partial charge in [0, 0.05) is 0 Å². The quantitative estimate of drug-likeness (QED) is 0.0915. The van der Waals surface area contributed by atoms with Crippen LogP contribution in [0.4, 0.5) is 0 Å². The molecule has 41 heavy (non-hydrogen) atoms. The fourth-order valence-electron chi connectivity index (χ4n) is 4.01. The Morgan fingerprint density at radius 2 is 1.20 bits per heavy atom. The molecule has 0 unspecified atom stereocenters. The van der Waals surface area contributed by atoms with E-state index in [9.17, 15) is 20.1 Å². The van der Waals surface area contributed by atoms with Crippen molar-refractivity contribution in [3.05, 3.63) is 83.4 Å². The molecule has 0 bridgehead atoms. The number of aromatic hydroxyl groups is 4. The third-order valence-electron chi connectivity index (χ3n) is 6.49. The fraction of sp³-hybridized carbons (Fsp3) is 0.387. The van der Waals surface area contributed by atoms with Crippen LogP contribution in [-0.4, -0.2) is 68.8 Å². The number of nitrogens with one attached hydrogen (secondary N) is 2. The van der Waals surface area contributed by atoms with Crippen LogP contribution in [0.3, 0.4) is 0 Å². The highest BCUT2D eigenvalue weighted by molar-refractivity contribution is 5.74. The second-order valence-electron chi connectivity index (χ2n) is 9.78. The zero-order chi connectivity index (χ0) is 30.0. The number of carboxylic acid groups (broad SMARTS) is 1. The molecule has 0 aliphatic carbocycles. The number of rotatable bonds is 16. The summed E-state index contributed by atoms with van der Waals surface area (Å²) in [6, 6.07) is 17.6. The lowest BCUT2D eigenvalue weighted by Gasteiger charge is -2.15. The molecular formula is C31H43N3O7. The van der Waals surface area contributed by atoms with Gasteiger partial charge in [-0.3, -0.25) is 4.79 Å². The fourth-order valence-corrected chi connectivity index (χ4v) is 4.01. The molecule has 0 spiro atoms. The molecule has 0 aliphatic heterocycles. The number of carbonyl (C=O) groups is 1. The molecule has 2 atom stereocenters. The number of aliphatic hydroxyl groups is 1. The maximum absolute atomic E-state index is 10.5. The maximum Gasteiger partial charge on any atom is 0.323 e. The second kappa shape index (κ2) is 18.5. The predicted molar refractivity (Wildman–Crippen MR) is 158 cm³/mol. The molecule has 0 fully saturated rings. The Labute approximate surface area is 241 Å². The lowest BCUT2D eigenvalue weighted by molar-refractivity contribution is -0.141. The highest BCUT2D eigenvalue weighted by Gasteiger charge is 2.24. The molecule has 3 aromatic rings. The van der Waals surface area contributed by atoms with Gasteiger partial charge < -0.3 is 47.0 Å². The predicted octanol–water partition coefficient (Wildman–Crippen LogP) is 3.17. The van der Waals surface area contributed by atoms with Gasteiger partial charge in [-0.25, -0.2) is 0 Å². The van der Waals surface area contributed by atoms with Crippen molar-refractivity contribution < 1.29 is 35.4 Å². The number of hydrogen-bond acceptors (Lipinski definition) is 9.